The molecular weight excluding hydrogens is 272 g/mol. The van der Waals surface area contributed by atoms with Crippen LogP contribution in [-0.2, 0) is 6.54 Å². The smallest absolute Gasteiger partial charge is 0.320 e. The van der Waals surface area contributed by atoms with Gasteiger partial charge in [0.2, 0.25) is 5.89 Å². The fourth-order valence-electron chi connectivity index (χ4n) is 1.68. The van der Waals surface area contributed by atoms with Crippen LogP contribution in [-0.4, -0.2) is 30.5 Å². The lowest BCUT2D eigenvalue weighted by Gasteiger charge is -2.09. The van der Waals surface area contributed by atoms with Gasteiger partial charge < -0.3 is 24.5 Å². The molecule has 21 heavy (non-hydrogen) atoms. The Balaban J connectivity index is 2.07. The molecule has 2 aromatic rings. The van der Waals surface area contributed by atoms with E-state index >= 15 is 0 Å². The average molecular weight is 292 g/mol. The summed E-state index contributed by atoms with van der Waals surface area (Å²) in [6.45, 7) is 4.64. The van der Waals surface area contributed by atoms with Crippen molar-refractivity contribution in [2.75, 3.05) is 19.5 Å². The number of hydrogen-bond donors (Lipinski definition) is 2. The molecule has 0 aliphatic rings. The van der Waals surface area contributed by atoms with Crippen LogP contribution in [0.1, 0.15) is 19.7 Å². The fraction of sp³-hybridized carbons (Fsp3) is 0.429. The summed E-state index contributed by atoms with van der Waals surface area (Å²) in [5.74, 6) is 1.87. The summed E-state index contributed by atoms with van der Waals surface area (Å²) in [6, 6.07) is 6.10. The minimum absolute atomic E-state index is 0.319. The monoisotopic (exact) mass is 292 g/mol. The topological polar surface area (TPSA) is 81.4 Å². The van der Waals surface area contributed by atoms with E-state index in [9.17, 15) is 0 Å². The van der Waals surface area contributed by atoms with E-state index in [0.29, 0.717) is 36.0 Å². The highest BCUT2D eigenvalue weighted by molar-refractivity contribution is 5.63. The number of nitrogens with zero attached hydrogens (tertiary/aromatic N) is 2. The van der Waals surface area contributed by atoms with E-state index in [2.05, 4.69) is 34.7 Å². The van der Waals surface area contributed by atoms with Gasteiger partial charge in [-0.25, -0.2) is 0 Å². The second-order valence-electron chi connectivity index (χ2n) is 4.73. The molecule has 0 spiro atoms. The van der Waals surface area contributed by atoms with Crippen molar-refractivity contribution in [3.05, 3.63) is 24.1 Å². The maximum Gasteiger partial charge on any atom is 0.320 e. The maximum atomic E-state index is 5.51. The van der Waals surface area contributed by atoms with Gasteiger partial charge in [0.1, 0.15) is 11.5 Å². The number of methoxy groups -OCH3 is 2. The molecule has 0 aliphatic carbocycles. The molecule has 114 valence electrons. The third-order valence-electron chi connectivity index (χ3n) is 2.78. The highest BCUT2D eigenvalue weighted by atomic mass is 16.5. The van der Waals surface area contributed by atoms with Crippen LogP contribution in [0.15, 0.2) is 22.6 Å². The van der Waals surface area contributed by atoms with Crippen LogP contribution in [0.5, 0.6) is 11.5 Å². The van der Waals surface area contributed by atoms with E-state index in [0.717, 1.165) is 5.69 Å². The van der Waals surface area contributed by atoms with Crippen LogP contribution in [0.2, 0.25) is 0 Å². The lowest BCUT2D eigenvalue weighted by atomic mass is 10.2. The summed E-state index contributed by atoms with van der Waals surface area (Å²) in [4.78, 5) is 0. The molecule has 0 unspecified atom stereocenters. The van der Waals surface area contributed by atoms with Crippen molar-refractivity contribution >= 4 is 11.7 Å². The van der Waals surface area contributed by atoms with Crippen molar-refractivity contribution in [3.63, 3.8) is 0 Å². The Kier molecular flexibility index (Phi) is 4.99. The van der Waals surface area contributed by atoms with Crippen LogP contribution in [0.25, 0.3) is 0 Å². The summed E-state index contributed by atoms with van der Waals surface area (Å²) in [5.41, 5.74) is 0.727. The largest absolute Gasteiger partial charge is 0.497 e. The third-order valence-corrected chi connectivity index (χ3v) is 2.78. The van der Waals surface area contributed by atoms with Crippen LogP contribution in [0, 0.1) is 0 Å². The Morgan fingerprint density at radius 3 is 2.67 bits per heavy atom. The van der Waals surface area contributed by atoms with Gasteiger partial charge in [0.15, 0.2) is 0 Å². The van der Waals surface area contributed by atoms with Gasteiger partial charge in [-0.2, -0.15) is 0 Å². The Morgan fingerprint density at radius 2 is 2.00 bits per heavy atom. The normalized spacial score (nSPS) is 10.7. The standard InChI is InChI=1S/C14H20N4O3/c1-9(2)15-8-13-17-18-14(21-13)16-11-6-5-10(19-3)7-12(11)20-4/h5-7,9,15H,8H2,1-4H3,(H,16,18). The van der Waals surface area contributed by atoms with E-state index in [4.69, 9.17) is 13.9 Å². The zero-order valence-electron chi connectivity index (χ0n) is 12.6. The molecule has 1 aromatic carbocycles. The van der Waals surface area contributed by atoms with Crippen molar-refractivity contribution in [3.8, 4) is 11.5 Å². The lowest BCUT2D eigenvalue weighted by Crippen LogP contribution is -2.21. The number of hydrogen-bond acceptors (Lipinski definition) is 7. The summed E-state index contributed by atoms with van der Waals surface area (Å²) in [5, 5.41) is 14.2. The molecule has 7 nitrogen and oxygen atoms in total. The quantitative estimate of drug-likeness (QED) is 0.810. The molecule has 7 heteroatoms. The highest BCUT2D eigenvalue weighted by Gasteiger charge is 2.10. The first kappa shape index (κ1) is 15.1. The second kappa shape index (κ2) is 6.94. The van der Waals surface area contributed by atoms with Crippen LogP contribution in [0.4, 0.5) is 11.7 Å². The second-order valence-corrected chi connectivity index (χ2v) is 4.73. The first-order valence-corrected chi connectivity index (χ1v) is 6.67. The Bertz CT molecular complexity index is 583. The SMILES string of the molecule is COc1ccc(Nc2nnc(CNC(C)C)o2)c(OC)c1. The highest BCUT2D eigenvalue weighted by Crippen LogP contribution is 2.31. The van der Waals surface area contributed by atoms with Gasteiger partial charge in [-0.15, -0.1) is 5.10 Å². The molecule has 0 atom stereocenters. The number of benzene rings is 1. The van der Waals surface area contributed by atoms with Crippen molar-refractivity contribution in [1.82, 2.24) is 15.5 Å². The van der Waals surface area contributed by atoms with Gasteiger partial charge in [-0.1, -0.05) is 18.9 Å². The molecule has 1 aromatic heterocycles. The predicted molar refractivity (Wildman–Crippen MR) is 79.1 cm³/mol. The number of aromatic nitrogens is 2. The minimum atomic E-state index is 0.319. The number of nitrogens with one attached hydrogen (secondary N) is 2. The molecule has 0 fully saturated rings. The fourth-order valence-corrected chi connectivity index (χ4v) is 1.68. The third kappa shape index (κ3) is 4.09. The molecule has 0 radical (unpaired) electrons. The van der Waals surface area contributed by atoms with E-state index < -0.39 is 0 Å². The first-order chi connectivity index (χ1) is 10.1. The zero-order valence-corrected chi connectivity index (χ0v) is 12.6. The molecule has 0 aliphatic heterocycles. The first-order valence-electron chi connectivity index (χ1n) is 6.67. The van der Waals surface area contributed by atoms with E-state index in [1.807, 2.05) is 12.1 Å². The summed E-state index contributed by atoms with van der Waals surface area (Å²) >= 11 is 0. The van der Waals surface area contributed by atoms with Crippen LogP contribution >= 0.6 is 0 Å². The summed E-state index contributed by atoms with van der Waals surface area (Å²) in [6.07, 6.45) is 0. The van der Waals surface area contributed by atoms with Gasteiger partial charge in [0.05, 0.1) is 26.5 Å². The molecule has 0 bridgehead atoms. The Morgan fingerprint density at radius 1 is 1.19 bits per heavy atom. The molecule has 2 N–H and O–H groups in total. The van der Waals surface area contributed by atoms with E-state index in [-0.39, 0.29) is 0 Å². The van der Waals surface area contributed by atoms with Crippen molar-refractivity contribution in [2.24, 2.45) is 0 Å². The van der Waals surface area contributed by atoms with E-state index in [1.165, 1.54) is 0 Å². The van der Waals surface area contributed by atoms with Crippen molar-refractivity contribution < 1.29 is 13.9 Å². The van der Waals surface area contributed by atoms with Gasteiger partial charge in [0.25, 0.3) is 0 Å². The average Bonchev–Trinajstić information content (AvgIpc) is 2.93. The van der Waals surface area contributed by atoms with E-state index in [1.54, 1.807) is 20.3 Å². The summed E-state index contributed by atoms with van der Waals surface area (Å²) in [7, 11) is 3.19. The number of rotatable bonds is 7. The van der Waals surface area contributed by atoms with Gasteiger partial charge in [-0.3, -0.25) is 0 Å². The Hall–Kier alpha value is -2.28. The predicted octanol–water partition coefficient (Wildman–Crippen LogP) is 2.33. The molecule has 1 heterocycles. The number of anilines is 2. The van der Waals surface area contributed by atoms with Crippen molar-refractivity contribution in [2.45, 2.75) is 26.4 Å². The van der Waals surface area contributed by atoms with Crippen LogP contribution in [0.3, 0.4) is 0 Å². The molecule has 2 rings (SSSR count). The Labute approximate surface area is 123 Å². The van der Waals surface area contributed by atoms with Gasteiger partial charge in [0, 0.05) is 12.1 Å². The van der Waals surface area contributed by atoms with Crippen LogP contribution < -0.4 is 20.1 Å². The van der Waals surface area contributed by atoms with Gasteiger partial charge >= 0.3 is 6.01 Å². The maximum absolute atomic E-state index is 5.51. The minimum Gasteiger partial charge on any atom is -0.497 e. The molecule has 0 amide bonds. The lowest BCUT2D eigenvalue weighted by molar-refractivity contribution is 0.395. The zero-order chi connectivity index (χ0) is 15.2. The molecule has 0 saturated carbocycles. The van der Waals surface area contributed by atoms with Gasteiger partial charge in [-0.05, 0) is 12.1 Å². The number of ether oxygens (including phenoxy) is 2. The summed E-state index contributed by atoms with van der Waals surface area (Å²) < 4.78 is 16.0. The molecule has 0 saturated heterocycles. The molecular formula is C14H20N4O3. The van der Waals surface area contributed by atoms with Crippen molar-refractivity contribution in [1.29, 1.82) is 0 Å².